The molecule has 1 amide bonds. The van der Waals surface area contributed by atoms with E-state index in [1.807, 2.05) is 51.1 Å². The quantitative estimate of drug-likeness (QED) is 0.804. The summed E-state index contributed by atoms with van der Waals surface area (Å²) in [5.41, 5.74) is 0.562. The van der Waals surface area contributed by atoms with Crippen molar-refractivity contribution in [2.45, 2.75) is 45.3 Å². The molecule has 0 unspecified atom stereocenters. The zero-order valence-corrected chi connectivity index (χ0v) is 14.2. The molecule has 0 aromatic heterocycles. The zero-order valence-electron chi connectivity index (χ0n) is 14.2. The minimum atomic E-state index is -0.588. The molecule has 1 aromatic rings. The summed E-state index contributed by atoms with van der Waals surface area (Å²) in [6, 6.07) is 9.39. The van der Waals surface area contributed by atoms with Gasteiger partial charge in [-0.25, -0.2) is 9.59 Å². The van der Waals surface area contributed by atoms with Crippen LogP contribution in [0.15, 0.2) is 30.3 Å². The molecule has 5 heteroatoms. The maximum atomic E-state index is 12.4. The third kappa shape index (κ3) is 4.47. The summed E-state index contributed by atoms with van der Waals surface area (Å²) < 4.78 is 10.3. The van der Waals surface area contributed by atoms with Crippen LogP contribution in [0.4, 0.5) is 4.79 Å². The number of likely N-dealkylation sites (tertiary alicyclic amines) is 1. The lowest BCUT2D eigenvalue weighted by Crippen LogP contribution is -2.46. The largest absolute Gasteiger partial charge is 0.467 e. The monoisotopic (exact) mass is 319 g/mol. The molecule has 2 rings (SSSR count). The van der Waals surface area contributed by atoms with Crippen LogP contribution in [0.25, 0.3) is 0 Å². The van der Waals surface area contributed by atoms with Crippen LogP contribution in [0.3, 0.4) is 0 Å². The number of methoxy groups -OCH3 is 1. The Hall–Kier alpha value is -2.04. The normalized spacial score (nSPS) is 21.1. The van der Waals surface area contributed by atoms with Crippen molar-refractivity contribution in [2.24, 2.45) is 5.92 Å². The van der Waals surface area contributed by atoms with Gasteiger partial charge in [-0.05, 0) is 45.1 Å². The highest BCUT2D eigenvalue weighted by Crippen LogP contribution is 2.30. The molecule has 1 aliphatic rings. The van der Waals surface area contributed by atoms with Crippen molar-refractivity contribution in [3.05, 3.63) is 35.9 Å². The van der Waals surface area contributed by atoms with E-state index in [-0.39, 0.29) is 11.9 Å². The summed E-state index contributed by atoms with van der Waals surface area (Å²) in [6.45, 7) is 5.95. The Morgan fingerprint density at radius 1 is 1.22 bits per heavy atom. The SMILES string of the molecule is COC(=O)[C@@H]1[C@@H](Cc2ccccc2)CCN1C(=O)OC(C)(C)C. The molecule has 0 radical (unpaired) electrons. The number of ether oxygens (including phenoxy) is 2. The Kier molecular flexibility index (Phi) is 5.29. The van der Waals surface area contributed by atoms with Crippen LogP contribution < -0.4 is 0 Å². The van der Waals surface area contributed by atoms with Crippen molar-refractivity contribution in [1.82, 2.24) is 4.90 Å². The number of benzene rings is 1. The van der Waals surface area contributed by atoms with E-state index in [0.717, 1.165) is 18.4 Å². The van der Waals surface area contributed by atoms with Gasteiger partial charge in [0.1, 0.15) is 11.6 Å². The topological polar surface area (TPSA) is 55.8 Å². The number of rotatable bonds is 3. The minimum absolute atomic E-state index is 0.0392. The summed E-state index contributed by atoms with van der Waals surface area (Å²) >= 11 is 0. The van der Waals surface area contributed by atoms with Gasteiger partial charge in [-0.1, -0.05) is 30.3 Å². The van der Waals surface area contributed by atoms with E-state index in [0.29, 0.717) is 6.54 Å². The number of carbonyl (C=O) groups is 2. The average Bonchev–Trinajstić information content (AvgIpc) is 2.89. The standard InChI is InChI=1S/C18H25NO4/c1-18(2,3)23-17(21)19-11-10-14(15(19)16(20)22-4)12-13-8-6-5-7-9-13/h5-9,14-15H,10-12H2,1-4H3/t14-,15+/m1/s1. The fourth-order valence-corrected chi connectivity index (χ4v) is 2.95. The van der Waals surface area contributed by atoms with Gasteiger partial charge in [-0.3, -0.25) is 4.90 Å². The van der Waals surface area contributed by atoms with E-state index in [4.69, 9.17) is 9.47 Å². The number of nitrogens with zero attached hydrogens (tertiary/aromatic N) is 1. The average molecular weight is 319 g/mol. The van der Waals surface area contributed by atoms with Crippen LogP contribution >= 0.6 is 0 Å². The second-order valence-corrected chi connectivity index (χ2v) is 6.88. The molecule has 23 heavy (non-hydrogen) atoms. The predicted molar refractivity (Wildman–Crippen MR) is 87.0 cm³/mol. The molecular weight excluding hydrogens is 294 g/mol. The first-order valence-electron chi connectivity index (χ1n) is 7.93. The highest BCUT2D eigenvalue weighted by Gasteiger charge is 2.44. The lowest BCUT2D eigenvalue weighted by atomic mass is 9.92. The Bertz CT molecular complexity index is 550. The van der Waals surface area contributed by atoms with Gasteiger partial charge in [0.25, 0.3) is 0 Å². The van der Waals surface area contributed by atoms with Gasteiger partial charge in [0.15, 0.2) is 0 Å². The van der Waals surface area contributed by atoms with Crippen LogP contribution in [0.2, 0.25) is 0 Å². The van der Waals surface area contributed by atoms with Gasteiger partial charge in [0.05, 0.1) is 7.11 Å². The number of carbonyl (C=O) groups excluding carboxylic acids is 2. The Morgan fingerprint density at radius 2 is 1.87 bits per heavy atom. The van der Waals surface area contributed by atoms with Crippen LogP contribution in [0.5, 0.6) is 0 Å². The predicted octanol–water partition coefficient (Wildman–Crippen LogP) is 3.03. The van der Waals surface area contributed by atoms with Crippen LogP contribution in [0.1, 0.15) is 32.8 Å². The fourth-order valence-electron chi connectivity index (χ4n) is 2.95. The molecule has 1 aliphatic heterocycles. The van der Waals surface area contributed by atoms with Crippen molar-refractivity contribution in [3.63, 3.8) is 0 Å². The fraction of sp³-hybridized carbons (Fsp3) is 0.556. The second kappa shape index (κ2) is 7.02. The molecule has 0 spiro atoms. The van der Waals surface area contributed by atoms with E-state index < -0.39 is 17.7 Å². The summed E-state index contributed by atoms with van der Waals surface area (Å²) in [6.07, 6.45) is 1.04. The molecule has 2 atom stereocenters. The lowest BCUT2D eigenvalue weighted by molar-refractivity contribution is -0.147. The zero-order chi connectivity index (χ0) is 17.0. The van der Waals surface area contributed by atoms with Gasteiger partial charge >= 0.3 is 12.1 Å². The molecule has 0 bridgehead atoms. The van der Waals surface area contributed by atoms with Crippen LogP contribution in [-0.4, -0.2) is 42.3 Å². The summed E-state index contributed by atoms with van der Waals surface area (Å²) in [7, 11) is 1.35. The first kappa shape index (κ1) is 17.3. The summed E-state index contributed by atoms with van der Waals surface area (Å²) in [5.74, 6) is -0.341. The van der Waals surface area contributed by atoms with Gasteiger partial charge in [-0.15, -0.1) is 0 Å². The third-order valence-electron chi connectivity index (χ3n) is 3.93. The van der Waals surface area contributed by atoms with Crippen molar-refractivity contribution in [1.29, 1.82) is 0 Å². The summed E-state index contributed by atoms with van der Waals surface area (Å²) in [4.78, 5) is 26.1. The Morgan fingerprint density at radius 3 is 2.43 bits per heavy atom. The van der Waals surface area contributed by atoms with E-state index in [1.165, 1.54) is 12.0 Å². The van der Waals surface area contributed by atoms with Gasteiger partial charge in [0, 0.05) is 6.54 Å². The maximum Gasteiger partial charge on any atom is 0.411 e. The van der Waals surface area contributed by atoms with Gasteiger partial charge in [0.2, 0.25) is 0 Å². The summed E-state index contributed by atoms with van der Waals surface area (Å²) in [5, 5.41) is 0. The highest BCUT2D eigenvalue weighted by atomic mass is 16.6. The van der Waals surface area contributed by atoms with Crippen molar-refractivity contribution in [2.75, 3.05) is 13.7 Å². The number of amides is 1. The Labute approximate surface area is 137 Å². The molecule has 1 saturated heterocycles. The van der Waals surface area contributed by atoms with Crippen LogP contribution in [0, 0.1) is 5.92 Å². The van der Waals surface area contributed by atoms with E-state index in [9.17, 15) is 9.59 Å². The van der Waals surface area contributed by atoms with E-state index in [1.54, 1.807) is 0 Å². The highest BCUT2D eigenvalue weighted by molar-refractivity contribution is 5.82. The van der Waals surface area contributed by atoms with Crippen molar-refractivity contribution < 1.29 is 19.1 Å². The van der Waals surface area contributed by atoms with Crippen molar-refractivity contribution >= 4 is 12.1 Å². The van der Waals surface area contributed by atoms with Gasteiger partial charge < -0.3 is 9.47 Å². The molecule has 1 fully saturated rings. The molecule has 0 saturated carbocycles. The first-order valence-corrected chi connectivity index (χ1v) is 7.93. The molecule has 0 aliphatic carbocycles. The Balaban J connectivity index is 2.15. The molecule has 1 aromatic carbocycles. The van der Waals surface area contributed by atoms with Crippen LogP contribution in [-0.2, 0) is 20.7 Å². The minimum Gasteiger partial charge on any atom is -0.467 e. The first-order chi connectivity index (χ1) is 10.8. The van der Waals surface area contributed by atoms with Gasteiger partial charge in [-0.2, -0.15) is 0 Å². The smallest absolute Gasteiger partial charge is 0.411 e. The molecule has 0 N–H and O–H groups in total. The maximum absolute atomic E-state index is 12.4. The molecule has 126 valence electrons. The lowest BCUT2D eigenvalue weighted by Gasteiger charge is -2.29. The third-order valence-corrected chi connectivity index (χ3v) is 3.93. The number of esters is 1. The molecular formula is C18H25NO4. The van der Waals surface area contributed by atoms with E-state index >= 15 is 0 Å². The molecule has 5 nitrogen and oxygen atoms in total. The number of hydrogen-bond donors (Lipinski definition) is 0. The van der Waals surface area contributed by atoms with Crippen molar-refractivity contribution in [3.8, 4) is 0 Å². The van der Waals surface area contributed by atoms with E-state index in [2.05, 4.69) is 0 Å². The number of hydrogen-bond acceptors (Lipinski definition) is 4. The second-order valence-electron chi connectivity index (χ2n) is 6.88. The molecule has 1 heterocycles.